The largest absolute Gasteiger partial charge is 0.494 e. The Morgan fingerprint density at radius 3 is 2.38 bits per heavy atom. The minimum Gasteiger partial charge on any atom is -0.494 e. The van der Waals surface area contributed by atoms with Crippen molar-refractivity contribution in [3.63, 3.8) is 0 Å². The van der Waals surface area contributed by atoms with Gasteiger partial charge in [-0.15, -0.1) is 0 Å². The fraction of sp³-hybridized carbons (Fsp3) is 0.538. The second-order valence-electron chi connectivity index (χ2n) is 4.98. The van der Waals surface area contributed by atoms with E-state index in [1.54, 1.807) is 12.1 Å². The molecule has 1 heterocycles. The van der Waals surface area contributed by atoms with Crippen LogP contribution in [0.4, 0.5) is 0 Å². The van der Waals surface area contributed by atoms with Gasteiger partial charge in [-0.25, -0.2) is 16.8 Å². The molecule has 1 atom stereocenters. The Morgan fingerprint density at radius 1 is 1.29 bits per heavy atom. The van der Waals surface area contributed by atoms with Crippen molar-refractivity contribution in [1.29, 1.82) is 0 Å². The quantitative estimate of drug-likeness (QED) is 0.799. The highest BCUT2D eigenvalue weighted by Gasteiger charge is 2.36. The lowest BCUT2D eigenvalue weighted by atomic mass is 10.3. The number of rotatable bonds is 5. The maximum absolute atomic E-state index is 12.5. The fourth-order valence-electron chi connectivity index (χ4n) is 2.30. The SMILES string of the molecule is CCOc1ccc(S(=O)(=O)N(C)C2CCS(=O)(=O)C2)cc1. The van der Waals surface area contributed by atoms with Crippen molar-refractivity contribution >= 4 is 19.9 Å². The van der Waals surface area contributed by atoms with E-state index in [9.17, 15) is 16.8 Å². The Bertz CT molecular complexity index is 695. The van der Waals surface area contributed by atoms with Gasteiger partial charge in [0.25, 0.3) is 0 Å². The topological polar surface area (TPSA) is 80.8 Å². The lowest BCUT2D eigenvalue weighted by Gasteiger charge is -2.22. The first-order valence-electron chi connectivity index (χ1n) is 6.67. The van der Waals surface area contributed by atoms with Crippen molar-refractivity contribution in [2.75, 3.05) is 25.2 Å². The van der Waals surface area contributed by atoms with E-state index in [1.165, 1.54) is 19.2 Å². The van der Waals surface area contributed by atoms with Gasteiger partial charge in [-0.2, -0.15) is 4.31 Å². The van der Waals surface area contributed by atoms with Crippen LogP contribution in [0.5, 0.6) is 5.75 Å². The van der Waals surface area contributed by atoms with Crippen LogP contribution in [-0.2, 0) is 19.9 Å². The van der Waals surface area contributed by atoms with Gasteiger partial charge in [-0.05, 0) is 37.6 Å². The summed E-state index contributed by atoms with van der Waals surface area (Å²) in [7, 11) is -5.39. The molecule has 0 bridgehead atoms. The first-order chi connectivity index (χ1) is 9.76. The average molecular weight is 333 g/mol. The van der Waals surface area contributed by atoms with E-state index in [0.717, 1.165) is 4.31 Å². The maximum Gasteiger partial charge on any atom is 0.243 e. The van der Waals surface area contributed by atoms with E-state index in [-0.39, 0.29) is 16.4 Å². The third kappa shape index (κ3) is 3.56. The monoisotopic (exact) mass is 333 g/mol. The van der Waals surface area contributed by atoms with Gasteiger partial charge in [-0.1, -0.05) is 0 Å². The lowest BCUT2D eigenvalue weighted by molar-refractivity contribution is 0.340. The van der Waals surface area contributed by atoms with Crippen molar-refractivity contribution in [2.45, 2.75) is 24.3 Å². The molecule has 21 heavy (non-hydrogen) atoms. The molecular formula is C13H19NO5S2. The second-order valence-corrected chi connectivity index (χ2v) is 9.21. The molecule has 118 valence electrons. The molecule has 2 rings (SSSR count). The minimum atomic E-state index is -3.69. The summed E-state index contributed by atoms with van der Waals surface area (Å²) in [6.45, 7) is 2.35. The highest BCUT2D eigenvalue weighted by molar-refractivity contribution is 7.92. The molecule has 1 aromatic rings. The van der Waals surface area contributed by atoms with E-state index >= 15 is 0 Å². The summed E-state index contributed by atoms with van der Waals surface area (Å²) in [6, 6.07) is 5.64. The van der Waals surface area contributed by atoms with E-state index < -0.39 is 25.9 Å². The Morgan fingerprint density at radius 2 is 1.90 bits per heavy atom. The molecule has 0 radical (unpaired) electrons. The first-order valence-corrected chi connectivity index (χ1v) is 9.94. The van der Waals surface area contributed by atoms with Crippen LogP contribution in [0.2, 0.25) is 0 Å². The molecule has 1 saturated heterocycles. The fourth-order valence-corrected chi connectivity index (χ4v) is 5.55. The van der Waals surface area contributed by atoms with Gasteiger partial charge in [0.2, 0.25) is 10.0 Å². The molecule has 1 aliphatic rings. The normalized spacial score (nSPS) is 21.6. The third-order valence-corrected chi connectivity index (χ3v) is 7.21. The van der Waals surface area contributed by atoms with Crippen molar-refractivity contribution in [1.82, 2.24) is 4.31 Å². The van der Waals surface area contributed by atoms with Crippen LogP contribution in [0.3, 0.4) is 0 Å². The van der Waals surface area contributed by atoms with Crippen LogP contribution >= 0.6 is 0 Å². The van der Waals surface area contributed by atoms with Gasteiger partial charge in [0, 0.05) is 13.1 Å². The molecule has 0 aliphatic carbocycles. The molecule has 1 aromatic carbocycles. The number of nitrogens with zero attached hydrogens (tertiary/aromatic N) is 1. The number of sulfone groups is 1. The molecule has 0 aromatic heterocycles. The van der Waals surface area contributed by atoms with Crippen LogP contribution in [0.25, 0.3) is 0 Å². The summed E-state index contributed by atoms with van der Waals surface area (Å²) < 4.78 is 54.4. The van der Waals surface area contributed by atoms with Gasteiger partial charge in [-0.3, -0.25) is 0 Å². The summed E-state index contributed by atoms with van der Waals surface area (Å²) >= 11 is 0. The summed E-state index contributed by atoms with van der Waals surface area (Å²) in [5.41, 5.74) is 0. The smallest absolute Gasteiger partial charge is 0.243 e. The molecule has 0 N–H and O–H groups in total. The zero-order valence-electron chi connectivity index (χ0n) is 12.0. The standard InChI is InChI=1S/C13H19NO5S2/c1-3-19-12-4-6-13(7-5-12)21(17,18)14(2)11-8-9-20(15,16)10-11/h4-7,11H,3,8-10H2,1-2H3. The Labute approximate surface area is 125 Å². The summed E-state index contributed by atoms with van der Waals surface area (Å²) in [6.07, 6.45) is 0.342. The number of sulfonamides is 1. The maximum atomic E-state index is 12.5. The van der Waals surface area contributed by atoms with E-state index in [1.807, 2.05) is 6.92 Å². The highest BCUT2D eigenvalue weighted by Crippen LogP contribution is 2.24. The van der Waals surface area contributed by atoms with E-state index in [0.29, 0.717) is 18.8 Å². The molecule has 8 heteroatoms. The number of ether oxygens (including phenoxy) is 1. The van der Waals surface area contributed by atoms with Crippen molar-refractivity contribution in [2.24, 2.45) is 0 Å². The predicted molar refractivity (Wildman–Crippen MR) is 79.6 cm³/mol. The van der Waals surface area contributed by atoms with Crippen molar-refractivity contribution in [3.8, 4) is 5.75 Å². The second kappa shape index (κ2) is 5.94. The Balaban J connectivity index is 2.21. The summed E-state index contributed by atoms with van der Waals surface area (Å²) in [5, 5.41) is 0. The van der Waals surface area contributed by atoms with Gasteiger partial charge in [0.05, 0.1) is 23.0 Å². The van der Waals surface area contributed by atoms with Crippen LogP contribution in [0.1, 0.15) is 13.3 Å². The first kappa shape index (κ1) is 16.3. The average Bonchev–Trinajstić information content (AvgIpc) is 2.79. The summed E-state index contributed by atoms with van der Waals surface area (Å²) in [5.74, 6) is 0.531. The number of benzene rings is 1. The molecule has 0 spiro atoms. The van der Waals surface area contributed by atoms with Gasteiger partial charge in [0.15, 0.2) is 9.84 Å². The van der Waals surface area contributed by atoms with E-state index in [4.69, 9.17) is 4.74 Å². The Kier molecular flexibility index (Phi) is 4.60. The van der Waals surface area contributed by atoms with Crippen LogP contribution in [0.15, 0.2) is 29.2 Å². The summed E-state index contributed by atoms with van der Waals surface area (Å²) in [4.78, 5) is 0.137. The highest BCUT2D eigenvalue weighted by atomic mass is 32.2. The van der Waals surface area contributed by atoms with Crippen molar-refractivity contribution < 1.29 is 21.6 Å². The third-order valence-electron chi connectivity index (χ3n) is 3.53. The molecule has 1 aliphatic heterocycles. The van der Waals surface area contributed by atoms with Crippen LogP contribution < -0.4 is 4.74 Å². The number of hydrogen-bond acceptors (Lipinski definition) is 5. The minimum absolute atomic E-state index is 0.0425. The van der Waals surface area contributed by atoms with Gasteiger partial charge in [0.1, 0.15) is 5.75 Å². The van der Waals surface area contributed by atoms with Crippen molar-refractivity contribution in [3.05, 3.63) is 24.3 Å². The molecule has 1 fully saturated rings. The van der Waals surface area contributed by atoms with Gasteiger partial charge >= 0.3 is 0 Å². The molecule has 1 unspecified atom stereocenters. The van der Waals surface area contributed by atoms with Crippen LogP contribution in [0, 0.1) is 0 Å². The molecule has 0 saturated carbocycles. The zero-order chi connectivity index (χ0) is 15.7. The molecule has 6 nitrogen and oxygen atoms in total. The zero-order valence-corrected chi connectivity index (χ0v) is 13.7. The van der Waals surface area contributed by atoms with E-state index in [2.05, 4.69) is 0 Å². The predicted octanol–water partition coefficient (Wildman–Crippen LogP) is 0.893. The van der Waals surface area contributed by atoms with Gasteiger partial charge < -0.3 is 4.74 Å². The van der Waals surface area contributed by atoms with Crippen LogP contribution in [-0.4, -0.2) is 52.3 Å². The lowest BCUT2D eigenvalue weighted by Crippen LogP contribution is -2.37. The Hall–Kier alpha value is -1.12. The molecular weight excluding hydrogens is 314 g/mol. The molecule has 0 amide bonds. The number of hydrogen-bond donors (Lipinski definition) is 0.